The fourth-order valence-corrected chi connectivity index (χ4v) is 2.34. The summed E-state index contributed by atoms with van der Waals surface area (Å²) in [7, 11) is 1.61. The molecular formula is C19H21N3O4. The van der Waals surface area contributed by atoms with Crippen molar-refractivity contribution in [1.82, 2.24) is 15.1 Å². The van der Waals surface area contributed by atoms with Gasteiger partial charge in [0.05, 0.1) is 19.3 Å². The van der Waals surface area contributed by atoms with E-state index >= 15 is 0 Å². The summed E-state index contributed by atoms with van der Waals surface area (Å²) in [6.07, 6.45) is 1.88. The van der Waals surface area contributed by atoms with Crippen molar-refractivity contribution in [3.05, 3.63) is 65.9 Å². The number of carbonyl (C=O) groups excluding carboxylic acids is 1. The summed E-state index contributed by atoms with van der Waals surface area (Å²) in [6.45, 7) is 3.39. The van der Waals surface area contributed by atoms with Gasteiger partial charge in [0.25, 0.3) is 5.91 Å². The van der Waals surface area contributed by atoms with Gasteiger partial charge in [-0.15, -0.1) is 0 Å². The van der Waals surface area contributed by atoms with Gasteiger partial charge < -0.3 is 19.2 Å². The van der Waals surface area contributed by atoms with Crippen LogP contribution in [-0.4, -0.2) is 22.8 Å². The average Bonchev–Trinajstić information content (AvgIpc) is 3.34. The number of aryl methyl sites for hydroxylation is 1. The van der Waals surface area contributed by atoms with Gasteiger partial charge in [-0.2, -0.15) is 5.10 Å². The Kier molecular flexibility index (Phi) is 5.58. The molecule has 0 spiro atoms. The van der Waals surface area contributed by atoms with E-state index in [-0.39, 0.29) is 18.3 Å². The Morgan fingerprint density at radius 1 is 1.15 bits per heavy atom. The highest BCUT2D eigenvalue weighted by molar-refractivity contribution is 5.91. The fraction of sp³-hybridized carbons (Fsp3) is 0.263. The minimum atomic E-state index is -0.285. The van der Waals surface area contributed by atoms with Crippen LogP contribution < -0.4 is 14.8 Å². The van der Waals surface area contributed by atoms with Gasteiger partial charge in [-0.25, -0.2) is 0 Å². The van der Waals surface area contributed by atoms with Gasteiger partial charge in [-0.3, -0.25) is 9.48 Å². The van der Waals surface area contributed by atoms with Crippen LogP contribution in [0.3, 0.4) is 0 Å². The van der Waals surface area contributed by atoms with E-state index in [0.29, 0.717) is 18.1 Å². The number of hydrogen-bond acceptors (Lipinski definition) is 5. The third-order valence-corrected chi connectivity index (χ3v) is 3.78. The number of hydrogen-bond donors (Lipinski definition) is 1. The molecule has 0 fully saturated rings. The predicted octanol–water partition coefficient (Wildman–Crippen LogP) is 3.01. The van der Waals surface area contributed by atoms with Crippen molar-refractivity contribution >= 4 is 5.91 Å². The lowest BCUT2D eigenvalue weighted by atomic mass is 10.3. The molecule has 136 valence electrons. The third-order valence-electron chi connectivity index (χ3n) is 3.78. The lowest BCUT2D eigenvalue weighted by molar-refractivity contribution is 0.0918. The zero-order chi connectivity index (χ0) is 18.4. The molecule has 3 aromatic rings. The molecule has 0 aliphatic carbocycles. The van der Waals surface area contributed by atoms with E-state index in [1.807, 2.05) is 48.1 Å². The summed E-state index contributed by atoms with van der Waals surface area (Å²) >= 11 is 0. The Bertz CT molecular complexity index is 852. The van der Waals surface area contributed by atoms with Gasteiger partial charge in [0, 0.05) is 12.7 Å². The summed E-state index contributed by atoms with van der Waals surface area (Å²) in [4.78, 5) is 12.2. The zero-order valence-corrected chi connectivity index (χ0v) is 14.8. The highest BCUT2D eigenvalue weighted by Gasteiger charge is 2.12. The van der Waals surface area contributed by atoms with Crippen LogP contribution in [0.5, 0.6) is 11.5 Å². The van der Waals surface area contributed by atoms with Gasteiger partial charge in [0.15, 0.2) is 5.76 Å². The van der Waals surface area contributed by atoms with Gasteiger partial charge in [-0.05, 0) is 49.4 Å². The summed E-state index contributed by atoms with van der Waals surface area (Å²) in [5, 5.41) is 7.11. The van der Waals surface area contributed by atoms with Gasteiger partial charge in [0.1, 0.15) is 23.9 Å². The van der Waals surface area contributed by atoms with E-state index in [2.05, 4.69) is 10.4 Å². The molecule has 7 heteroatoms. The lowest BCUT2D eigenvalue weighted by Crippen LogP contribution is -2.22. The number of aromatic nitrogens is 2. The SMILES string of the molecule is CCn1ccc(CNC(=O)c2ccc(COc3ccc(OC)cc3)o2)n1. The van der Waals surface area contributed by atoms with Gasteiger partial charge in [-0.1, -0.05) is 0 Å². The van der Waals surface area contributed by atoms with Crippen molar-refractivity contribution in [3.8, 4) is 11.5 Å². The monoisotopic (exact) mass is 355 g/mol. The Balaban J connectivity index is 1.50. The number of amides is 1. The molecule has 7 nitrogen and oxygen atoms in total. The fourth-order valence-electron chi connectivity index (χ4n) is 2.34. The molecule has 1 aromatic carbocycles. The second-order valence-corrected chi connectivity index (χ2v) is 5.58. The highest BCUT2D eigenvalue weighted by Crippen LogP contribution is 2.19. The van der Waals surface area contributed by atoms with Crippen LogP contribution in [0.4, 0.5) is 0 Å². The highest BCUT2D eigenvalue weighted by atomic mass is 16.5. The summed E-state index contributed by atoms with van der Waals surface area (Å²) in [6, 6.07) is 12.5. The summed E-state index contributed by atoms with van der Waals surface area (Å²) < 4.78 is 18.1. The van der Waals surface area contributed by atoms with Crippen molar-refractivity contribution < 1.29 is 18.7 Å². The van der Waals surface area contributed by atoms with Crippen molar-refractivity contribution in [3.63, 3.8) is 0 Å². The van der Waals surface area contributed by atoms with E-state index in [1.165, 1.54) is 0 Å². The Hall–Kier alpha value is -3.22. The Morgan fingerprint density at radius 2 is 1.92 bits per heavy atom. The maximum atomic E-state index is 12.2. The number of methoxy groups -OCH3 is 1. The Morgan fingerprint density at radius 3 is 2.62 bits per heavy atom. The van der Waals surface area contributed by atoms with Crippen LogP contribution in [-0.2, 0) is 19.7 Å². The number of nitrogens with one attached hydrogen (secondary N) is 1. The normalized spacial score (nSPS) is 10.5. The molecule has 2 aromatic heterocycles. The minimum Gasteiger partial charge on any atom is -0.497 e. The van der Waals surface area contributed by atoms with E-state index in [1.54, 1.807) is 19.2 Å². The first-order valence-corrected chi connectivity index (χ1v) is 8.34. The molecule has 26 heavy (non-hydrogen) atoms. The van der Waals surface area contributed by atoms with Crippen LogP contribution >= 0.6 is 0 Å². The molecule has 0 saturated carbocycles. The smallest absolute Gasteiger partial charge is 0.287 e. The number of furan rings is 1. The van der Waals surface area contributed by atoms with Crippen LogP contribution in [0.1, 0.15) is 28.9 Å². The first-order chi connectivity index (χ1) is 12.7. The van der Waals surface area contributed by atoms with Crippen molar-refractivity contribution in [2.75, 3.05) is 7.11 Å². The standard InChI is InChI=1S/C19H21N3O4/c1-3-22-11-10-14(21-22)12-20-19(23)18-9-8-17(26-18)13-25-16-6-4-15(24-2)5-7-16/h4-11H,3,12-13H2,1-2H3,(H,20,23). The molecule has 0 aliphatic rings. The molecule has 1 N–H and O–H groups in total. The first-order valence-electron chi connectivity index (χ1n) is 8.34. The molecule has 0 unspecified atom stereocenters. The van der Waals surface area contributed by atoms with Gasteiger partial charge >= 0.3 is 0 Å². The van der Waals surface area contributed by atoms with Crippen LogP contribution in [0.15, 0.2) is 53.1 Å². The molecular weight excluding hydrogens is 334 g/mol. The molecule has 3 rings (SSSR count). The molecule has 2 heterocycles. The van der Waals surface area contributed by atoms with Crippen molar-refractivity contribution in [1.29, 1.82) is 0 Å². The summed E-state index contributed by atoms with van der Waals surface area (Å²) in [5.74, 6) is 1.99. The van der Waals surface area contributed by atoms with Crippen molar-refractivity contribution in [2.45, 2.75) is 26.6 Å². The second kappa shape index (κ2) is 8.24. The Labute approximate surface area is 151 Å². The largest absolute Gasteiger partial charge is 0.497 e. The molecule has 0 aliphatic heterocycles. The van der Waals surface area contributed by atoms with E-state index in [4.69, 9.17) is 13.9 Å². The molecule has 0 atom stereocenters. The molecule has 1 amide bonds. The van der Waals surface area contributed by atoms with Crippen molar-refractivity contribution in [2.24, 2.45) is 0 Å². The first kappa shape index (κ1) is 17.6. The quantitative estimate of drug-likeness (QED) is 0.672. The van der Waals surface area contributed by atoms with E-state index < -0.39 is 0 Å². The van der Waals surface area contributed by atoms with Crippen LogP contribution in [0, 0.1) is 0 Å². The number of rotatable bonds is 8. The molecule has 0 radical (unpaired) electrons. The number of ether oxygens (including phenoxy) is 2. The number of nitrogens with zero attached hydrogens (tertiary/aromatic N) is 2. The van der Waals surface area contributed by atoms with E-state index in [9.17, 15) is 4.79 Å². The third kappa shape index (κ3) is 4.44. The molecule has 0 saturated heterocycles. The maximum Gasteiger partial charge on any atom is 0.287 e. The van der Waals surface area contributed by atoms with Gasteiger partial charge in [0.2, 0.25) is 0 Å². The molecule has 0 bridgehead atoms. The minimum absolute atomic E-state index is 0.237. The maximum absolute atomic E-state index is 12.2. The van der Waals surface area contributed by atoms with E-state index in [0.717, 1.165) is 18.0 Å². The topological polar surface area (TPSA) is 78.5 Å². The predicted molar refractivity (Wildman–Crippen MR) is 95.1 cm³/mol. The summed E-state index contributed by atoms with van der Waals surface area (Å²) in [5.41, 5.74) is 0.801. The number of carbonyl (C=O) groups is 1. The average molecular weight is 355 g/mol. The lowest BCUT2D eigenvalue weighted by Gasteiger charge is -2.05. The number of benzene rings is 1. The van der Waals surface area contributed by atoms with Crippen LogP contribution in [0.2, 0.25) is 0 Å². The van der Waals surface area contributed by atoms with Crippen LogP contribution in [0.25, 0.3) is 0 Å². The second-order valence-electron chi connectivity index (χ2n) is 5.58. The zero-order valence-electron chi connectivity index (χ0n) is 14.8.